The summed E-state index contributed by atoms with van der Waals surface area (Å²) in [6, 6.07) is 1.93. The van der Waals surface area contributed by atoms with Gasteiger partial charge in [0, 0.05) is 33.2 Å². The van der Waals surface area contributed by atoms with Crippen LogP contribution < -0.4 is 5.32 Å². The van der Waals surface area contributed by atoms with Gasteiger partial charge in [-0.1, -0.05) is 0 Å². The van der Waals surface area contributed by atoms with Crippen molar-refractivity contribution in [2.45, 2.75) is 25.2 Å². The molecule has 7 heteroatoms. The van der Waals surface area contributed by atoms with Gasteiger partial charge in [-0.25, -0.2) is 9.50 Å². The summed E-state index contributed by atoms with van der Waals surface area (Å²) in [6.45, 7) is 2.01. The first-order valence-electron chi connectivity index (χ1n) is 8.01. The summed E-state index contributed by atoms with van der Waals surface area (Å²) in [5, 5.41) is 7.45. The molecule has 0 spiro atoms. The third-order valence-corrected chi connectivity index (χ3v) is 4.36. The number of anilines is 1. The predicted molar refractivity (Wildman–Crippen MR) is 87.6 cm³/mol. The van der Waals surface area contributed by atoms with Crippen LogP contribution in [0.4, 0.5) is 5.82 Å². The van der Waals surface area contributed by atoms with E-state index in [-0.39, 0.29) is 11.8 Å². The molecule has 1 aliphatic rings. The molecule has 0 bridgehead atoms. The number of aromatic nitrogens is 3. The summed E-state index contributed by atoms with van der Waals surface area (Å²) in [6.07, 6.45) is 6.22. The summed E-state index contributed by atoms with van der Waals surface area (Å²) in [7, 11) is 3.48. The quantitative estimate of drug-likeness (QED) is 0.905. The topological polar surface area (TPSA) is 71.8 Å². The number of methoxy groups -OCH3 is 1. The van der Waals surface area contributed by atoms with Gasteiger partial charge in [-0.15, -0.1) is 0 Å². The average molecular weight is 317 g/mol. The van der Waals surface area contributed by atoms with Crippen molar-refractivity contribution in [3.05, 3.63) is 24.2 Å². The highest BCUT2D eigenvalue weighted by molar-refractivity contribution is 5.76. The van der Waals surface area contributed by atoms with E-state index in [1.165, 1.54) is 0 Å². The minimum Gasteiger partial charge on any atom is -0.384 e. The third-order valence-electron chi connectivity index (χ3n) is 4.36. The zero-order valence-electron chi connectivity index (χ0n) is 13.7. The van der Waals surface area contributed by atoms with Gasteiger partial charge in [0.25, 0.3) is 0 Å². The number of carbonyl (C=O) groups is 1. The van der Waals surface area contributed by atoms with Crippen molar-refractivity contribution < 1.29 is 9.53 Å². The van der Waals surface area contributed by atoms with Crippen molar-refractivity contribution in [2.24, 2.45) is 0 Å². The number of nitrogens with one attached hydrogen (secondary N) is 1. The molecule has 1 saturated heterocycles. The summed E-state index contributed by atoms with van der Waals surface area (Å²) >= 11 is 0. The number of piperidine rings is 1. The highest BCUT2D eigenvalue weighted by Gasteiger charge is 2.26. The second-order valence-electron chi connectivity index (χ2n) is 5.85. The summed E-state index contributed by atoms with van der Waals surface area (Å²) in [4.78, 5) is 18.9. The van der Waals surface area contributed by atoms with E-state index in [0.29, 0.717) is 19.6 Å². The predicted octanol–water partition coefficient (Wildman–Crippen LogP) is 1.51. The van der Waals surface area contributed by atoms with Crippen LogP contribution >= 0.6 is 0 Å². The SMILES string of the molecule is CNc1nc([C@H]2CCCN(C(=O)CCOC)C2)cn2nccc12. The molecular weight excluding hydrogens is 294 g/mol. The van der Waals surface area contributed by atoms with Crippen molar-refractivity contribution in [1.29, 1.82) is 0 Å². The highest BCUT2D eigenvalue weighted by Crippen LogP contribution is 2.28. The Morgan fingerprint density at radius 1 is 1.52 bits per heavy atom. The minimum absolute atomic E-state index is 0.158. The molecule has 0 radical (unpaired) electrons. The number of rotatable bonds is 5. The van der Waals surface area contributed by atoms with Crippen LogP contribution in [0, 0.1) is 0 Å². The lowest BCUT2D eigenvalue weighted by atomic mass is 9.94. The maximum absolute atomic E-state index is 12.2. The first-order chi connectivity index (χ1) is 11.2. The molecule has 0 aromatic carbocycles. The number of carbonyl (C=O) groups excluding carboxylic acids is 1. The highest BCUT2D eigenvalue weighted by atomic mass is 16.5. The molecule has 1 aliphatic heterocycles. The number of amides is 1. The maximum atomic E-state index is 12.2. The fourth-order valence-corrected chi connectivity index (χ4v) is 3.12. The lowest BCUT2D eigenvalue weighted by molar-refractivity contribution is -0.133. The van der Waals surface area contributed by atoms with Crippen molar-refractivity contribution >= 4 is 17.2 Å². The van der Waals surface area contributed by atoms with Crippen molar-refractivity contribution in [2.75, 3.05) is 39.2 Å². The normalized spacial score (nSPS) is 18.3. The van der Waals surface area contributed by atoms with Crippen molar-refractivity contribution in [1.82, 2.24) is 19.5 Å². The molecule has 2 aromatic rings. The van der Waals surface area contributed by atoms with Gasteiger partial charge in [0.1, 0.15) is 5.52 Å². The fourth-order valence-electron chi connectivity index (χ4n) is 3.12. The Kier molecular flexibility index (Phi) is 4.76. The van der Waals surface area contributed by atoms with Gasteiger partial charge < -0.3 is 15.0 Å². The molecule has 1 atom stereocenters. The number of nitrogens with zero attached hydrogens (tertiary/aromatic N) is 4. The van der Waals surface area contributed by atoms with E-state index in [4.69, 9.17) is 9.72 Å². The van der Waals surface area contributed by atoms with E-state index in [2.05, 4.69) is 10.4 Å². The Hall–Kier alpha value is -2.15. The van der Waals surface area contributed by atoms with Crippen LogP contribution in [0.5, 0.6) is 0 Å². The van der Waals surface area contributed by atoms with E-state index >= 15 is 0 Å². The van der Waals surface area contributed by atoms with Crippen LogP contribution in [-0.4, -0.2) is 59.3 Å². The van der Waals surface area contributed by atoms with Crippen LogP contribution in [-0.2, 0) is 9.53 Å². The summed E-state index contributed by atoms with van der Waals surface area (Å²) < 4.78 is 6.85. The molecule has 3 rings (SSSR count). The van der Waals surface area contributed by atoms with Gasteiger partial charge in [-0.3, -0.25) is 4.79 Å². The van der Waals surface area contributed by atoms with E-state index in [1.54, 1.807) is 13.3 Å². The Labute approximate surface area is 135 Å². The second-order valence-corrected chi connectivity index (χ2v) is 5.85. The Balaban J connectivity index is 1.79. The molecule has 1 amide bonds. The van der Waals surface area contributed by atoms with E-state index < -0.39 is 0 Å². The molecule has 0 saturated carbocycles. The van der Waals surface area contributed by atoms with E-state index in [0.717, 1.165) is 36.4 Å². The second kappa shape index (κ2) is 6.95. The molecular formula is C16H23N5O2. The van der Waals surface area contributed by atoms with Crippen LogP contribution in [0.3, 0.4) is 0 Å². The fraction of sp³-hybridized carbons (Fsp3) is 0.562. The van der Waals surface area contributed by atoms with Gasteiger partial charge in [0.15, 0.2) is 5.82 Å². The molecule has 3 heterocycles. The molecule has 2 aromatic heterocycles. The largest absolute Gasteiger partial charge is 0.384 e. The van der Waals surface area contributed by atoms with Crippen molar-refractivity contribution in [3.8, 4) is 0 Å². The van der Waals surface area contributed by atoms with E-state index in [9.17, 15) is 4.79 Å². The molecule has 23 heavy (non-hydrogen) atoms. The number of ether oxygens (including phenoxy) is 1. The maximum Gasteiger partial charge on any atom is 0.224 e. The molecule has 0 aliphatic carbocycles. The Morgan fingerprint density at radius 3 is 3.17 bits per heavy atom. The third kappa shape index (κ3) is 3.29. The standard InChI is InChI=1S/C16H23N5O2/c1-17-16-14-5-7-18-21(14)11-13(19-16)12-4-3-8-20(10-12)15(22)6-9-23-2/h5,7,11-12H,3-4,6,8-10H2,1-2H3,(H,17,19)/t12-/m0/s1. The van der Waals surface area contributed by atoms with Gasteiger partial charge in [0.05, 0.1) is 31.1 Å². The summed E-state index contributed by atoms with van der Waals surface area (Å²) in [5.74, 6) is 1.23. The first-order valence-corrected chi connectivity index (χ1v) is 8.01. The average Bonchev–Trinajstić information content (AvgIpc) is 3.07. The Morgan fingerprint density at radius 2 is 2.39 bits per heavy atom. The van der Waals surface area contributed by atoms with Gasteiger partial charge in [-0.05, 0) is 18.9 Å². The van der Waals surface area contributed by atoms with Crippen LogP contribution in [0.1, 0.15) is 30.9 Å². The smallest absolute Gasteiger partial charge is 0.224 e. The zero-order chi connectivity index (χ0) is 16.2. The first kappa shape index (κ1) is 15.7. The van der Waals surface area contributed by atoms with Crippen LogP contribution in [0.2, 0.25) is 0 Å². The van der Waals surface area contributed by atoms with Crippen molar-refractivity contribution in [3.63, 3.8) is 0 Å². The lowest BCUT2D eigenvalue weighted by Gasteiger charge is -2.32. The molecule has 1 N–H and O–H groups in total. The van der Waals surface area contributed by atoms with Gasteiger partial charge in [0.2, 0.25) is 5.91 Å². The molecule has 0 unspecified atom stereocenters. The van der Waals surface area contributed by atoms with Crippen LogP contribution in [0.25, 0.3) is 5.52 Å². The molecule has 1 fully saturated rings. The van der Waals surface area contributed by atoms with E-state index in [1.807, 2.05) is 28.7 Å². The van der Waals surface area contributed by atoms with Gasteiger partial charge in [-0.2, -0.15) is 5.10 Å². The summed E-state index contributed by atoms with van der Waals surface area (Å²) in [5.41, 5.74) is 1.94. The molecule has 7 nitrogen and oxygen atoms in total. The number of hydrogen-bond donors (Lipinski definition) is 1. The number of fused-ring (bicyclic) bond motifs is 1. The van der Waals surface area contributed by atoms with Crippen LogP contribution in [0.15, 0.2) is 18.5 Å². The van der Waals surface area contributed by atoms with Gasteiger partial charge >= 0.3 is 0 Å². The molecule has 124 valence electrons. The lowest BCUT2D eigenvalue weighted by Crippen LogP contribution is -2.39. The number of hydrogen-bond acceptors (Lipinski definition) is 5. The zero-order valence-corrected chi connectivity index (χ0v) is 13.7. The minimum atomic E-state index is 0.158. The monoisotopic (exact) mass is 317 g/mol. The Bertz CT molecular complexity index is 684. The number of likely N-dealkylation sites (tertiary alicyclic amines) is 1.